The number of rotatable bonds is 6. The first kappa shape index (κ1) is 20.2. The van der Waals surface area contributed by atoms with Gasteiger partial charge in [0.15, 0.2) is 0 Å². The van der Waals surface area contributed by atoms with E-state index in [9.17, 15) is 14.4 Å². The number of hydrogen-bond acceptors (Lipinski definition) is 3. The van der Waals surface area contributed by atoms with Gasteiger partial charge in [-0.1, -0.05) is 24.3 Å². The number of anilines is 3. The zero-order valence-corrected chi connectivity index (χ0v) is 16.7. The maximum absolute atomic E-state index is 12.6. The molecule has 3 aromatic carbocycles. The van der Waals surface area contributed by atoms with E-state index < -0.39 is 0 Å². The molecule has 7 heteroatoms. The largest absolute Gasteiger partial charge is 0.335 e. The molecular weight excluding hydrogens is 392 g/mol. The fourth-order valence-electron chi connectivity index (χ4n) is 2.96. The van der Waals surface area contributed by atoms with Crippen molar-refractivity contribution >= 4 is 34.9 Å². The lowest BCUT2D eigenvalue weighted by Gasteiger charge is -2.10. The van der Waals surface area contributed by atoms with Gasteiger partial charge in [0.1, 0.15) is 0 Å². The summed E-state index contributed by atoms with van der Waals surface area (Å²) >= 11 is 0. The number of nitrogens with one attached hydrogen (secondary N) is 4. The van der Waals surface area contributed by atoms with Crippen LogP contribution in [0.3, 0.4) is 0 Å². The third-order valence-corrected chi connectivity index (χ3v) is 4.73. The van der Waals surface area contributed by atoms with E-state index in [1.165, 1.54) is 0 Å². The summed E-state index contributed by atoms with van der Waals surface area (Å²) in [5.74, 6) is -0.515. The van der Waals surface area contributed by atoms with Crippen LogP contribution in [-0.4, -0.2) is 23.9 Å². The van der Waals surface area contributed by atoms with E-state index in [1.54, 1.807) is 72.8 Å². The van der Waals surface area contributed by atoms with Gasteiger partial charge in [-0.15, -0.1) is 0 Å². The molecule has 0 saturated heterocycles. The molecular formula is C24H22N4O3. The summed E-state index contributed by atoms with van der Waals surface area (Å²) in [7, 11) is 0. The summed E-state index contributed by atoms with van der Waals surface area (Å²) in [6.45, 7) is 0. The minimum atomic E-state index is -0.291. The van der Waals surface area contributed by atoms with Crippen LogP contribution in [0.2, 0.25) is 0 Å². The van der Waals surface area contributed by atoms with Crippen LogP contribution >= 0.6 is 0 Å². The highest BCUT2D eigenvalue weighted by Gasteiger charge is 2.23. The molecule has 1 saturated carbocycles. The fourth-order valence-corrected chi connectivity index (χ4v) is 2.96. The summed E-state index contributed by atoms with van der Waals surface area (Å²) < 4.78 is 0. The molecule has 0 aliphatic heterocycles. The number of carbonyl (C=O) groups excluding carboxylic acids is 3. The van der Waals surface area contributed by atoms with E-state index in [4.69, 9.17) is 0 Å². The third-order valence-electron chi connectivity index (χ3n) is 4.73. The Morgan fingerprint density at radius 2 is 1.19 bits per heavy atom. The quantitative estimate of drug-likeness (QED) is 0.479. The van der Waals surface area contributed by atoms with E-state index in [-0.39, 0.29) is 23.9 Å². The van der Waals surface area contributed by atoms with Crippen LogP contribution in [0, 0.1) is 0 Å². The van der Waals surface area contributed by atoms with Crippen LogP contribution in [0.25, 0.3) is 0 Å². The van der Waals surface area contributed by atoms with Gasteiger partial charge in [-0.25, -0.2) is 4.79 Å². The molecule has 3 aromatic rings. The van der Waals surface area contributed by atoms with Crippen LogP contribution in [0.15, 0.2) is 78.9 Å². The Kier molecular flexibility index (Phi) is 5.93. The molecule has 4 rings (SSSR count). The topological polar surface area (TPSA) is 99.3 Å². The van der Waals surface area contributed by atoms with Gasteiger partial charge in [0.05, 0.1) is 0 Å². The molecule has 4 amide bonds. The number of carbonyl (C=O) groups is 3. The lowest BCUT2D eigenvalue weighted by molar-refractivity contribution is 0.101. The second-order valence-electron chi connectivity index (χ2n) is 7.31. The van der Waals surface area contributed by atoms with E-state index in [2.05, 4.69) is 21.3 Å². The summed E-state index contributed by atoms with van der Waals surface area (Å²) in [6.07, 6.45) is 2.04. The SMILES string of the molecule is O=C(Nc1ccc(C(=O)Nc2cccc(NC(=O)c3ccccc3)c2)cc1)NC1CC1. The Bertz CT molecular complexity index is 1090. The molecule has 156 valence electrons. The van der Waals surface area contributed by atoms with Gasteiger partial charge in [0.2, 0.25) is 0 Å². The zero-order chi connectivity index (χ0) is 21.6. The van der Waals surface area contributed by atoms with Crippen LogP contribution in [0.5, 0.6) is 0 Å². The van der Waals surface area contributed by atoms with Crippen molar-refractivity contribution in [1.29, 1.82) is 0 Å². The lowest BCUT2D eigenvalue weighted by atomic mass is 10.1. The number of hydrogen-bond donors (Lipinski definition) is 4. The van der Waals surface area contributed by atoms with Crippen molar-refractivity contribution in [3.05, 3.63) is 90.0 Å². The summed E-state index contributed by atoms with van der Waals surface area (Å²) in [5.41, 5.74) is 2.75. The molecule has 0 atom stereocenters. The Labute approximate surface area is 179 Å². The van der Waals surface area contributed by atoms with E-state index in [0.29, 0.717) is 28.2 Å². The second-order valence-corrected chi connectivity index (χ2v) is 7.31. The van der Waals surface area contributed by atoms with Crippen molar-refractivity contribution < 1.29 is 14.4 Å². The number of urea groups is 1. The smallest absolute Gasteiger partial charge is 0.319 e. The van der Waals surface area contributed by atoms with E-state index in [0.717, 1.165) is 12.8 Å². The highest BCUT2D eigenvalue weighted by atomic mass is 16.2. The average Bonchev–Trinajstić information content (AvgIpc) is 3.59. The first-order valence-electron chi connectivity index (χ1n) is 10.0. The Morgan fingerprint density at radius 3 is 1.77 bits per heavy atom. The van der Waals surface area contributed by atoms with Crippen molar-refractivity contribution in [3.8, 4) is 0 Å². The fraction of sp³-hybridized carbons (Fsp3) is 0.125. The lowest BCUT2D eigenvalue weighted by Crippen LogP contribution is -2.30. The summed E-state index contributed by atoms with van der Waals surface area (Å²) in [5, 5.41) is 11.2. The van der Waals surface area contributed by atoms with Crippen molar-refractivity contribution in [3.63, 3.8) is 0 Å². The number of amides is 4. The number of benzene rings is 3. The zero-order valence-electron chi connectivity index (χ0n) is 16.7. The second kappa shape index (κ2) is 9.13. The van der Waals surface area contributed by atoms with Crippen molar-refractivity contribution in [1.82, 2.24) is 5.32 Å². The van der Waals surface area contributed by atoms with Gasteiger partial charge >= 0.3 is 6.03 Å². The van der Waals surface area contributed by atoms with Gasteiger partial charge in [0.25, 0.3) is 11.8 Å². The molecule has 1 aliphatic carbocycles. The standard InChI is InChI=1S/C24H22N4O3/c29-22(16-5-2-1-3-6-16)25-20-7-4-8-21(15-20)26-23(30)17-9-11-18(12-10-17)27-24(31)28-19-13-14-19/h1-12,15,19H,13-14H2,(H,25,29)(H,26,30)(H2,27,28,31). The highest BCUT2D eigenvalue weighted by Crippen LogP contribution is 2.20. The molecule has 0 radical (unpaired) electrons. The maximum atomic E-state index is 12.6. The normalized spacial score (nSPS) is 12.5. The van der Waals surface area contributed by atoms with E-state index in [1.807, 2.05) is 6.07 Å². The highest BCUT2D eigenvalue weighted by molar-refractivity contribution is 6.06. The van der Waals surface area contributed by atoms with E-state index >= 15 is 0 Å². The van der Waals surface area contributed by atoms with Crippen molar-refractivity contribution in [2.45, 2.75) is 18.9 Å². The van der Waals surface area contributed by atoms with Crippen molar-refractivity contribution in [2.75, 3.05) is 16.0 Å². The monoisotopic (exact) mass is 414 g/mol. The predicted octanol–water partition coefficient (Wildman–Crippen LogP) is 4.48. The van der Waals surface area contributed by atoms with Crippen LogP contribution in [0.1, 0.15) is 33.6 Å². The Balaban J connectivity index is 1.35. The van der Waals surface area contributed by atoms with Gasteiger partial charge in [-0.05, 0) is 67.4 Å². The minimum absolute atomic E-state index is 0.224. The molecule has 0 unspecified atom stereocenters. The Morgan fingerprint density at radius 1 is 0.613 bits per heavy atom. The predicted molar refractivity (Wildman–Crippen MR) is 120 cm³/mol. The third kappa shape index (κ3) is 5.70. The average molecular weight is 414 g/mol. The molecule has 4 N–H and O–H groups in total. The first-order valence-corrected chi connectivity index (χ1v) is 10.0. The van der Waals surface area contributed by atoms with Crippen LogP contribution in [0.4, 0.5) is 21.9 Å². The molecule has 0 bridgehead atoms. The molecule has 0 spiro atoms. The summed E-state index contributed by atoms with van der Waals surface area (Å²) in [4.78, 5) is 36.7. The van der Waals surface area contributed by atoms with Gasteiger partial charge in [0, 0.05) is 34.2 Å². The van der Waals surface area contributed by atoms with Gasteiger partial charge in [-0.2, -0.15) is 0 Å². The van der Waals surface area contributed by atoms with Gasteiger partial charge in [-0.3, -0.25) is 9.59 Å². The minimum Gasteiger partial charge on any atom is -0.335 e. The maximum Gasteiger partial charge on any atom is 0.319 e. The molecule has 1 aliphatic rings. The molecule has 1 fully saturated rings. The first-order chi connectivity index (χ1) is 15.1. The van der Waals surface area contributed by atoms with Crippen LogP contribution in [-0.2, 0) is 0 Å². The Hall–Kier alpha value is -4.13. The van der Waals surface area contributed by atoms with Crippen molar-refractivity contribution in [2.24, 2.45) is 0 Å². The molecule has 7 nitrogen and oxygen atoms in total. The molecule has 0 heterocycles. The summed E-state index contributed by atoms with van der Waals surface area (Å²) in [6, 6.07) is 22.5. The van der Waals surface area contributed by atoms with Gasteiger partial charge < -0.3 is 21.3 Å². The molecule has 31 heavy (non-hydrogen) atoms. The van der Waals surface area contributed by atoms with Crippen LogP contribution < -0.4 is 21.3 Å². The molecule has 0 aromatic heterocycles.